The molecule has 0 unspecified atom stereocenters. The fourth-order valence-electron chi connectivity index (χ4n) is 6.43. The zero-order chi connectivity index (χ0) is 32.8. The fraction of sp³-hybridized carbons (Fsp3) is 0.425. The third kappa shape index (κ3) is 9.57. The molecule has 1 aliphatic rings. The van der Waals surface area contributed by atoms with Gasteiger partial charge >= 0.3 is 0 Å². The van der Waals surface area contributed by atoms with E-state index in [4.69, 9.17) is 4.98 Å². The molecule has 0 saturated carbocycles. The Kier molecular flexibility index (Phi) is 12.6. The summed E-state index contributed by atoms with van der Waals surface area (Å²) in [5.74, 6) is -0.0903. The Bertz CT molecular complexity index is 1650. The molecule has 7 heteroatoms. The summed E-state index contributed by atoms with van der Waals surface area (Å²) >= 11 is 0. The molecule has 0 saturated heterocycles. The molecule has 7 nitrogen and oxygen atoms in total. The summed E-state index contributed by atoms with van der Waals surface area (Å²) in [6, 6.07) is 22.1. The van der Waals surface area contributed by atoms with Crippen molar-refractivity contribution in [2.45, 2.75) is 90.9 Å². The first-order valence-electron chi connectivity index (χ1n) is 17.6. The van der Waals surface area contributed by atoms with Crippen molar-refractivity contribution in [1.29, 1.82) is 0 Å². The summed E-state index contributed by atoms with van der Waals surface area (Å²) in [6.07, 6.45) is 12.6. The van der Waals surface area contributed by atoms with Crippen molar-refractivity contribution in [2.75, 3.05) is 30.3 Å². The number of carbonyl (C=O) groups excluding carboxylic acids is 2. The van der Waals surface area contributed by atoms with E-state index in [0.717, 1.165) is 61.1 Å². The van der Waals surface area contributed by atoms with Crippen LogP contribution in [0, 0.1) is 13.8 Å². The van der Waals surface area contributed by atoms with Gasteiger partial charge in [0.25, 0.3) is 5.91 Å². The molecule has 0 aliphatic heterocycles. The minimum atomic E-state index is -0.139. The summed E-state index contributed by atoms with van der Waals surface area (Å²) in [7, 11) is 0. The van der Waals surface area contributed by atoms with Gasteiger partial charge in [-0.15, -0.1) is 0 Å². The highest BCUT2D eigenvalue weighted by Gasteiger charge is 2.18. The van der Waals surface area contributed by atoms with E-state index in [2.05, 4.69) is 65.4 Å². The third-order valence-electron chi connectivity index (χ3n) is 9.31. The summed E-state index contributed by atoms with van der Waals surface area (Å²) in [5.41, 5.74) is 9.85. The monoisotopic (exact) mass is 633 g/mol. The predicted octanol–water partition coefficient (Wildman–Crippen LogP) is 8.55. The lowest BCUT2D eigenvalue weighted by Crippen LogP contribution is -2.28. The van der Waals surface area contributed by atoms with E-state index in [1.807, 2.05) is 36.4 Å². The molecular formula is C40H51N5O2. The van der Waals surface area contributed by atoms with Crippen molar-refractivity contribution in [1.82, 2.24) is 15.6 Å². The van der Waals surface area contributed by atoms with Crippen molar-refractivity contribution in [3.8, 4) is 0 Å². The zero-order valence-electron chi connectivity index (χ0n) is 28.2. The average Bonchev–Trinajstić information content (AvgIpc) is 3.09. The lowest BCUT2D eigenvalue weighted by Gasteiger charge is -2.21. The minimum Gasteiger partial charge on any atom is -0.384 e. The molecule has 0 atom stereocenters. The molecule has 47 heavy (non-hydrogen) atoms. The summed E-state index contributed by atoms with van der Waals surface area (Å²) in [6.45, 7) is 6.31. The van der Waals surface area contributed by atoms with Crippen LogP contribution in [0.4, 0.5) is 17.1 Å². The number of hydrogen-bond acceptors (Lipinski definition) is 5. The smallest absolute Gasteiger partial charge is 0.253 e. The Morgan fingerprint density at radius 1 is 0.702 bits per heavy atom. The van der Waals surface area contributed by atoms with Crippen molar-refractivity contribution in [3.63, 3.8) is 0 Å². The molecule has 0 radical (unpaired) electrons. The summed E-state index contributed by atoms with van der Waals surface area (Å²) < 4.78 is 0. The second-order valence-corrected chi connectivity index (χ2v) is 12.8. The van der Waals surface area contributed by atoms with Crippen LogP contribution in [0.3, 0.4) is 0 Å². The van der Waals surface area contributed by atoms with E-state index in [0.29, 0.717) is 31.5 Å². The van der Waals surface area contributed by atoms with E-state index in [1.54, 1.807) is 0 Å². The number of carbonyl (C=O) groups is 2. The highest BCUT2D eigenvalue weighted by atomic mass is 16.2. The van der Waals surface area contributed by atoms with Gasteiger partial charge in [0.05, 0.1) is 16.8 Å². The number of unbranched alkanes of at least 4 members (excludes halogenated alkanes) is 5. The number of fused-ring (bicyclic) bond motifs is 2. The zero-order valence-corrected chi connectivity index (χ0v) is 28.2. The largest absolute Gasteiger partial charge is 0.384 e. The van der Waals surface area contributed by atoms with Crippen molar-refractivity contribution >= 4 is 39.8 Å². The normalized spacial score (nSPS) is 12.4. The number of aryl methyl sites for hydroxylation is 2. The molecule has 0 spiro atoms. The highest BCUT2D eigenvalue weighted by molar-refractivity contribution is 6.00. The first kappa shape index (κ1) is 34.0. The van der Waals surface area contributed by atoms with Crippen LogP contribution in [0.15, 0.2) is 66.7 Å². The molecule has 1 heterocycles. The molecule has 3 aromatic carbocycles. The lowest BCUT2D eigenvalue weighted by atomic mass is 9.92. The first-order valence-corrected chi connectivity index (χ1v) is 17.6. The van der Waals surface area contributed by atoms with Crippen molar-refractivity contribution in [2.24, 2.45) is 0 Å². The molecule has 4 N–H and O–H groups in total. The van der Waals surface area contributed by atoms with E-state index in [1.165, 1.54) is 60.0 Å². The Morgan fingerprint density at radius 2 is 1.40 bits per heavy atom. The third-order valence-corrected chi connectivity index (χ3v) is 9.31. The van der Waals surface area contributed by atoms with Crippen LogP contribution in [-0.2, 0) is 17.6 Å². The molecule has 1 aliphatic carbocycles. The van der Waals surface area contributed by atoms with E-state index >= 15 is 0 Å². The minimum absolute atomic E-state index is 0.0492. The number of amides is 2. The molecule has 1 aromatic heterocycles. The van der Waals surface area contributed by atoms with Crippen LogP contribution in [-0.4, -0.2) is 36.4 Å². The van der Waals surface area contributed by atoms with Crippen LogP contribution < -0.4 is 21.3 Å². The molecule has 0 bridgehead atoms. The van der Waals surface area contributed by atoms with E-state index in [9.17, 15) is 9.59 Å². The van der Waals surface area contributed by atoms with Crippen LogP contribution in [0.1, 0.15) is 97.0 Å². The van der Waals surface area contributed by atoms with Gasteiger partial charge in [-0.3, -0.25) is 14.6 Å². The second-order valence-electron chi connectivity index (χ2n) is 12.8. The number of pyridine rings is 1. The van der Waals surface area contributed by atoms with E-state index < -0.39 is 0 Å². The predicted molar refractivity (Wildman–Crippen MR) is 195 cm³/mol. The fourth-order valence-corrected chi connectivity index (χ4v) is 6.43. The van der Waals surface area contributed by atoms with Gasteiger partial charge in [-0.2, -0.15) is 0 Å². The molecular weight excluding hydrogens is 582 g/mol. The number of anilines is 3. The Morgan fingerprint density at radius 3 is 2.28 bits per heavy atom. The SMILES string of the molecule is Cc1cccc(Nc2ccccc2C(=O)NCCCC(=O)NCCCCCCCCNc2c3c(nc4ccccc24)CCCC3)c1C. The van der Waals surface area contributed by atoms with Gasteiger partial charge < -0.3 is 21.3 Å². The lowest BCUT2D eigenvalue weighted by molar-refractivity contribution is -0.121. The number of para-hydroxylation sites is 2. The maximum Gasteiger partial charge on any atom is 0.253 e. The number of rotatable bonds is 17. The van der Waals surface area contributed by atoms with Crippen molar-refractivity contribution < 1.29 is 9.59 Å². The van der Waals surface area contributed by atoms with Gasteiger partial charge in [0.1, 0.15) is 0 Å². The molecule has 0 fully saturated rings. The molecule has 248 valence electrons. The van der Waals surface area contributed by atoms with Crippen LogP contribution in [0.5, 0.6) is 0 Å². The second kappa shape index (κ2) is 17.5. The number of hydrogen-bond donors (Lipinski definition) is 4. The van der Waals surface area contributed by atoms with Crippen LogP contribution >= 0.6 is 0 Å². The number of nitrogens with one attached hydrogen (secondary N) is 4. The Labute approximate surface area is 280 Å². The quantitative estimate of drug-likeness (QED) is 0.0874. The maximum absolute atomic E-state index is 12.9. The Balaban J connectivity index is 0.908. The van der Waals surface area contributed by atoms with Gasteiger partial charge in [-0.25, -0.2) is 0 Å². The number of nitrogens with zero attached hydrogens (tertiary/aromatic N) is 1. The summed E-state index contributed by atoms with van der Waals surface area (Å²) in [5, 5.41) is 14.5. The van der Waals surface area contributed by atoms with E-state index in [-0.39, 0.29) is 11.8 Å². The van der Waals surface area contributed by atoms with Gasteiger partial charge in [0.2, 0.25) is 5.91 Å². The maximum atomic E-state index is 12.9. The van der Waals surface area contributed by atoms with Gasteiger partial charge in [-0.1, -0.05) is 68.1 Å². The van der Waals surface area contributed by atoms with Crippen molar-refractivity contribution in [3.05, 3.63) is 94.7 Å². The number of aromatic nitrogens is 1. The molecule has 5 rings (SSSR count). The van der Waals surface area contributed by atoms with Gasteiger partial charge in [0, 0.05) is 48.5 Å². The van der Waals surface area contributed by atoms with Crippen LogP contribution in [0.25, 0.3) is 10.9 Å². The van der Waals surface area contributed by atoms with Crippen LogP contribution in [0.2, 0.25) is 0 Å². The highest BCUT2D eigenvalue weighted by Crippen LogP contribution is 2.33. The number of benzene rings is 3. The standard InChI is InChI=1S/C40H51N5O2/c1-29-17-15-24-34(30(29)2)44-37-23-12-9-20-33(37)40(47)43-28-16-25-38(46)41-26-13-5-3-4-6-14-27-42-39-31-18-7-10-21-35(31)45-36-22-11-8-19-32(36)39/h7,9-10,12,15,17-18,20-21,23-24,44H,3-6,8,11,13-14,16,19,22,25-28H2,1-2H3,(H,41,46)(H,42,45)(H,43,47). The Hall–Kier alpha value is -4.39. The summed E-state index contributed by atoms with van der Waals surface area (Å²) in [4.78, 5) is 30.2. The average molecular weight is 634 g/mol. The van der Waals surface area contributed by atoms with Gasteiger partial charge in [-0.05, 0) is 99.7 Å². The topological polar surface area (TPSA) is 95.2 Å². The molecule has 4 aromatic rings. The van der Waals surface area contributed by atoms with Gasteiger partial charge in [0.15, 0.2) is 0 Å². The molecule has 2 amide bonds. The first-order chi connectivity index (χ1) is 23.0.